The Bertz CT molecular complexity index is 129. The van der Waals surface area contributed by atoms with E-state index in [1.807, 2.05) is 6.92 Å². The maximum absolute atomic E-state index is 10.6. The zero-order valence-electron chi connectivity index (χ0n) is 5.39. The molecule has 0 aromatic heterocycles. The summed E-state index contributed by atoms with van der Waals surface area (Å²) < 4.78 is 10.6. The highest BCUT2D eigenvalue weighted by molar-refractivity contribution is 7.84. The van der Waals surface area contributed by atoms with Gasteiger partial charge < -0.3 is 5.32 Å². The van der Waals surface area contributed by atoms with Crippen LogP contribution in [0.2, 0.25) is 0 Å². The van der Waals surface area contributed by atoms with Crippen molar-refractivity contribution in [2.24, 2.45) is 0 Å². The summed E-state index contributed by atoms with van der Waals surface area (Å²) >= 11 is 0. The van der Waals surface area contributed by atoms with Crippen LogP contribution in [0, 0.1) is 11.5 Å². The van der Waals surface area contributed by atoms with Crippen LogP contribution in [0.15, 0.2) is 0 Å². The van der Waals surface area contributed by atoms with Gasteiger partial charge >= 0.3 is 0 Å². The lowest BCUT2D eigenvalue weighted by Crippen LogP contribution is -2.15. The second kappa shape index (κ2) is 5.57. The predicted molar refractivity (Wildman–Crippen MR) is 37.2 cm³/mol. The molecule has 0 aliphatic rings. The molecule has 9 heavy (non-hydrogen) atoms. The number of nitrogens with zero attached hydrogens (tertiary/aromatic N) is 1. The Hall–Kier alpha value is -0.560. The average Bonchev–Trinajstić information content (AvgIpc) is 1.89. The van der Waals surface area contributed by atoms with Gasteiger partial charge in [0.2, 0.25) is 0 Å². The number of nitrogens with one attached hydrogen (secondary N) is 1. The fraction of sp³-hybridized carbons (Fsp3) is 0.800. The van der Waals surface area contributed by atoms with Crippen LogP contribution in [-0.2, 0) is 10.8 Å². The van der Waals surface area contributed by atoms with Gasteiger partial charge in [-0.2, -0.15) is 5.26 Å². The molecule has 4 heteroatoms. The van der Waals surface area contributed by atoms with Gasteiger partial charge in [-0.05, 0) is 0 Å². The Labute approximate surface area is 57.5 Å². The van der Waals surface area contributed by atoms with Gasteiger partial charge in [0.25, 0.3) is 0 Å². The van der Waals surface area contributed by atoms with E-state index < -0.39 is 10.8 Å². The molecule has 0 aliphatic heterocycles. The van der Waals surface area contributed by atoms with Gasteiger partial charge in [-0.1, -0.05) is 6.92 Å². The van der Waals surface area contributed by atoms with Gasteiger partial charge in [-0.3, -0.25) is 4.21 Å². The van der Waals surface area contributed by atoms with Gasteiger partial charge in [0, 0.05) is 28.9 Å². The molecule has 0 heterocycles. The normalized spacial score (nSPS) is 12.0. The summed E-state index contributed by atoms with van der Waals surface area (Å²) in [5, 5.41) is 10.4. The van der Waals surface area contributed by atoms with Crippen molar-refractivity contribution in [2.75, 3.05) is 18.1 Å². The summed E-state index contributed by atoms with van der Waals surface area (Å²) in [6.45, 7) is 2.39. The highest BCUT2D eigenvalue weighted by atomic mass is 32.2. The topological polar surface area (TPSA) is 52.9 Å². The van der Waals surface area contributed by atoms with Gasteiger partial charge in [0.1, 0.15) is 0 Å². The summed E-state index contributed by atoms with van der Waals surface area (Å²) in [5.74, 6) is 1.25. The summed E-state index contributed by atoms with van der Waals surface area (Å²) in [6, 6.07) is 0. The summed E-state index contributed by atoms with van der Waals surface area (Å²) in [5.41, 5.74) is 0. The third kappa shape index (κ3) is 5.31. The van der Waals surface area contributed by atoms with Crippen LogP contribution < -0.4 is 5.32 Å². The summed E-state index contributed by atoms with van der Waals surface area (Å²) in [4.78, 5) is 0. The van der Waals surface area contributed by atoms with Crippen molar-refractivity contribution in [1.29, 1.82) is 5.26 Å². The van der Waals surface area contributed by atoms with Crippen molar-refractivity contribution < 1.29 is 4.21 Å². The molecule has 0 saturated heterocycles. The summed E-state index contributed by atoms with van der Waals surface area (Å²) in [7, 11) is -0.742. The smallest absolute Gasteiger partial charge is 0.176 e. The molecule has 1 atom stereocenters. The van der Waals surface area contributed by atoms with E-state index in [-0.39, 0.29) is 0 Å². The van der Waals surface area contributed by atoms with E-state index in [9.17, 15) is 4.21 Å². The molecule has 0 fully saturated rings. The molecule has 0 spiro atoms. The molecule has 0 aromatic carbocycles. The first-order chi connectivity index (χ1) is 4.31. The number of nitriles is 1. The van der Waals surface area contributed by atoms with Crippen molar-refractivity contribution in [3.8, 4) is 6.19 Å². The highest BCUT2D eigenvalue weighted by Gasteiger charge is 1.92. The predicted octanol–water partition coefficient (Wildman–Crippen LogP) is -0.174. The first-order valence-electron chi connectivity index (χ1n) is 2.78. The van der Waals surface area contributed by atoms with Crippen LogP contribution in [0.3, 0.4) is 0 Å². The molecule has 3 nitrogen and oxygen atoms in total. The van der Waals surface area contributed by atoms with Crippen molar-refractivity contribution >= 4 is 10.8 Å². The first-order valence-corrected chi connectivity index (χ1v) is 4.27. The quantitative estimate of drug-likeness (QED) is 0.340. The first kappa shape index (κ1) is 8.44. The van der Waals surface area contributed by atoms with Crippen LogP contribution in [0.4, 0.5) is 0 Å². The maximum Gasteiger partial charge on any atom is 0.176 e. The Morgan fingerprint density at radius 2 is 2.44 bits per heavy atom. The Kier molecular flexibility index (Phi) is 5.23. The SMILES string of the molecule is CCS(=O)CCNC#N. The molecule has 1 unspecified atom stereocenters. The molecule has 0 radical (unpaired) electrons. The van der Waals surface area contributed by atoms with E-state index in [0.29, 0.717) is 18.1 Å². The molecule has 0 aliphatic carbocycles. The molecular formula is C5H10N2OS. The third-order valence-electron chi connectivity index (χ3n) is 0.856. The van der Waals surface area contributed by atoms with Gasteiger partial charge in [-0.15, -0.1) is 0 Å². The monoisotopic (exact) mass is 146 g/mol. The molecule has 0 saturated carbocycles. The highest BCUT2D eigenvalue weighted by Crippen LogP contribution is 1.77. The fourth-order valence-electron chi connectivity index (χ4n) is 0.365. The molecule has 52 valence electrons. The largest absolute Gasteiger partial charge is 0.323 e. The van der Waals surface area contributed by atoms with E-state index in [1.54, 1.807) is 6.19 Å². The van der Waals surface area contributed by atoms with Crippen molar-refractivity contribution in [3.05, 3.63) is 0 Å². The minimum Gasteiger partial charge on any atom is -0.323 e. The van der Waals surface area contributed by atoms with Gasteiger partial charge in [-0.25, -0.2) is 0 Å². The Morgan fingerprint density at radius 3 is 2.89 bits per heavy atom. The third-order valence-corrected chi connectivity index (χ3v) is 2.16. The van der Waals surface area contributed by atoms with Crippen molar-refractivity contribution in [3.63, 3.8) is 0 Å². The maximum atomic E-state index is 10.6. The lowest BCUT2D eigenvalue weighted by molar-refractivity contribution is 0.682. The zero-order chi connectivity index (χ0) is 7.11. The molecule has 0 rings (SSSR count). The Morgan fingerprint density at radius 1 is 1.78 bits per heavy atom. The second-order valence-corrected chi connectivity index (χ2v) is 3.34. The minimum atomic E-state index is -0.742. The lowest BCUT2D eigenvalue weighted by atomic mass is 10.8. The van der Waals surface area contributed by atoms with Crippen LogP contribution in [-0.4, -0.2) is 22.3 Å². The van der Waals surface area contributed by atoms with Crippen molar-refractivity contribution in [2.45, 2.75) is 6.92 Å². The van der Waals surface area contributed by atoms with E-state index in [1.165, 1.54) is 0 Å². The van der Waals surface area contributed by atoms with Crippen LogP contribution in [0.25, 0.3) is 0 Å². The van der Waals surface area contributed by atoms with Crippen LogP contribution in [0.5, 0.6) is 0 Å². The molecular weight excluding hydrogens is 136 g/mol. The molecule has 1 N–H and O–H groups in total. The van der Waals surface area contributed by atoms with Gasteiger partial charge in [0.15, 0.2) is 6.19 Å². The van der Waals surface area contributed by atoms with E-state index >= 15 is 0 Å². The number of rotatable bonds is 4. The number of hydrogen-bond acceptors (Lipinski definition) is 3. The molecule has 0 amide bonds. The van der Waals surface area contributed by atoms with Crippen LogP contribution in [0.1, 0.15) is 6.92 Å². The van der Waals surface area contributed by atoms with Crippen molar-refractivity contribution in [1.82, 2.24) is 5.32 Å². The zero-order valence-corrected chi connectivity index (χ0v) is 6.20. The summed E-state index contributed by atoms with van der Waals surface area (Å²) in [6.07, 6.45) is 1.76. The standard InChI is InChI=1S/C5H10N2OS/c1-2-9(8)4-3-7-5-6/h7H,2-4H2,1H3. The number of hydrogen-bond donors (Lipinski definition) is 1. The second-order valence-electron chi connectivity index (χ2n) is 1.47. The van der Waals surface area contributed by atoms with E-state index in [0.717, 1.165) is 0 Å². The molecule has 0 aromatic rings. The Balaban J connectivity index is 3.09. The van der Waals surface area contributed by atoms with Crippen LogP contribution >= 0.6 is 0 Å². The average molecular weight is 146 g/mol. The molecule has 0 bridgehead atoms. The lowest BCUT2D eigenvalue weighted by Gasteiger charge is -1.94. The minimum absolute atomic E-state index is 0.525. The van der Waals surface area contributed by atoms with Gasteiger partial charge in [0.05, 0.1) is 0 Å². The van der Waals surface area contributed by atoms with E-state index in [2.05, 4.69) is 5.32 Å². The fourth-order valence-corrected chi connectivity index (χ4v) is 0.984. The van der Waals surface area contributed by atoms with E-state index in [4.69, 9.17) is 5.26 Å².